The van der Waals surface area contributed by atoms with E-state index in [2.05, 4.69) is 39.6 Å². The number of ether oxygens (including phenoxy) is 1. The molecule has 2 N–H and O–H groups in total. The fourth-order valence-electron chi connectivity index (χ4n) is 4.83. The molecule has 2 aliphatic rings. The standard InChI is InChI=1S/C28H38N4O3/c1-28(2,3)35-27(34)29-19-20-8-10-22(11-9-20)26(33)30-23-13-12-21-6-5-7-25(24(21)18-23)32-16-14-31(4)15-17-32/h8-13,18,25H,5-7,14-17,19H2,1-4H3,(H,29,34)(H,30,33). The Morgan fingerprint density at radius 1 is 1.03 bits per heavy atom. The fraction of sp³-hybridized carbons (Fsp3) is 0.500. The van der Waals surface area contributed by atoms with Crippen LogP contribution in [0.3, 0.4) is 0 Å². The van der Waals surface area contributed by atoms with Crippen molar-refractivity contribution in [1.82, 2.24) is 15.1 Å². The first-order chi connectivity index (χ1) is 16.7. The van der Waals surface area contributed by atoms with Crippen molar-refractivity contribution in [3.05, 3.63) is 64.7 Å². The van der Waals surface area contributed by atoms with Crippen molar-refractivity contribution in [3.63, 3.8) is 0 Å². The van der Waals surface area contributed by atoms with Gasteiger partial charge in [-0.05, 0) is 88.0 Å². The first-order valence-corrected chi connectivity index (χ1v) is 12.6. The third-order valence-corrected chi connectivity index (χ3v) is 6.72. The zero-order valence-corrected chi connectivity index (χ0v) is 21.4. The third kappa shape index (κ3) is 6.83. The van der Waals surface area contributed by atoms with Crippen LogP contribution in [-0.2, 0) is 17.7 Å². The minimum Gasteiger partial charge on any atom is -0.444 e. The summed E-state index contributed by atoms with van der Waals surface area (Å²) in [4.78, 5) is 29.8. The van der Waals surface area contributed by atoms with Crippen LogP contribution in [0.5, 0.6) is 0 Å². The molecule has 1 saturated heterocycles. The highest BCUT2D eigenvalue weighted by Gasteiger charge is 2.28. The Balaban J connectivity index is 1.37. The van der Waals surface area contributed by atoms with E-state index >= 15 is 0 Å². The molecule has 188 valence electrons. The fourth-order valence-corrected chi connectivity index (χ4v) is 4.83. The molecule has 0 spiro atoms. The van der Waals surface area contributed by atoms with Gasteiger partial charge in [0.05, 0.1) is 0 Å². The lowest BCUT2D eigenvalue weighted by atomic mass is 9.86. The van der Waals surface area contributed by atoms with E-state index in [1.165, 1.54) is 24.0 Å². The van der Waals surface area contributed by atoms with E-state index < -0.39 is 11.7 Å². The molecule has 35 heavy (non-hydrogen) atoms. The van der Waals surface area contributed by atoms with Crippen LogP contribution in [0.25, 0.3) is 0 Å². The molecule has 1 aliphatic carbocycles. The normalized spacial score (nSPS) is 19.0. The number of carbonyl (C=O) groups excluding carboxylic acids is 2. The second-order valence-corrected chi connectivity index (χ2v) is 10.7. The van der Waals surface area contributed by atoms with Gasteiger partial charge in [-0.2, -0.15) is 0 Å². The van der Waals surface area contributed by atoms with Gasteiger partial charge in [0.2, 0.25) is 0 Å². The molecule has 2 amide bonds. The average Bonchev–Trinajstić information content (AvgIpc) is 2.82. The van der Waals surface area contributed by atoms with Crippen LogP contribution in [-0.4, -0.2) is 60.6 Å². The Bertz CT molecular complexity index is 1040. The van der Waals surface area contributed by atoms with Gasteiger partial charge in [-0.15, -0.1) is 0 Å². The van der Waals surface area contributed by atoms with Crippen molar-refractivity contribution in [2.75, 3.05) is 38.5 Å². The van der Waals surface area contributed by atoms with Crippen LogP contribution in [0.1, 0.15) is 66.7 Å². The van der Waals surface area contributed by atoms with E-state index in [9.17, 15) is 9.59 Å². The maximum atomic E-state index is 12.9. The molecule has 1 aliphatic heterocycles. The number of hydrogen-bond donors (Lipinski definition) is 2. The second-order valence-electron chi connectivity index (χ2n) is 10.7. The van der Waals surface area contributed by atoms with Gasteiger partial charge in [0.1, 0.15) is 5.60 Å². The largest absolute Gasteiger partial charge is 0.444 e. The molecule has 2 aromatic carbocycles. The summed E-state index contributed by atoms with van der Waals surface area (Å²) in [6, 6.07) is 14.1. The van der Waals surface area contributed by atoms with Gasteiger partial charge in [-0.3, -0.25) is 9.69 Å². The summed E-state index contributed by atoms with van der Waals surface area (Å²) in [5, 5.41) is 5.82. The molecule has 2 aromatic rings. The Kier molecular flexibility index (Phi) is 7.77. The lowest BCUT2D eigenvalue weighted by molar-refractivity contribution is 0.0523. The van der Waals surface area contributed by atoms with Crippen LogP contribution in [0.4, 0.5) is 10.5 Å². The minimum absolute atomic E-state index is 0.136. The minimum atomic E-state index is -0.534. The number of amides is 2. The topological polar surface area (TPSA) is 73.9 Å². The van der Waals surface area contributed by atoms with Crippen LogP contribution in [0, 0.1) is 0 Å². The summed E-state index contributed by atoms with van der Waals surface area (Å²) in [5.41, 5.74) is 4.55. The first-order valence-electron chi connectivity index (χ1n) is 12.6. The van der Waals surface area contributed by atoms with E-state index in [-0.39, 0.29) is 5.91 Å². The molecule has 1 heterocycles. The summed E-state index contributed by atoms with van der Waals surface area (Å²) >= 11 is 0. The number of piperazine rings is 1. The Morgan fingerprint density at radius 3 is 2.43 bits per heavy atom. The first kappa shape index (κ1) is 25.2. The summed E-state index contributed by atoms with van der Waals surface area (Å²) < 4.78 is 5.26. The van der Waals surface area contributed by atoms with E-state index in [0.717, 1.165) is 43.9 Å². The Morgan fingerprint density at radius 2 is 1.74 bits per heavy atom. The number of fused-ring (bicyclic) bond motifs is 1. The molecular formula is C28H38N4O3. The average molecular weight is 479 g/mol. The van der Waals surface area contributed by atoms with Crippen molar-refractivity contribution >= 4 is 17.7 Å². The van der Waals surface area contributed by atoms with Crippen molar-refractivity contribution in [3.8, 4) is 0 Å². The zero-order chi connectivity index (χ0) is 25.0. The van der Waals surface area contributed by atoms with Crippen LogP contribution in [0.2, 0.25) is 0 Å². The Hall–Kier alpha value is -2.90. The van der Waals surface area contributed by atoms with Crippen molar-refractivity contribution in [1.29, 1.82) is 0 Å². The van der Waals surface area contributed by atoms with Gasteiger partial charge < -0.3 is 20.3 Å². The summed E-state index contributed by atoms with van der Waals surface area (Å²) in [7, 11) is 2.18. The predicted octanol–water partition coefficient (Wildman–Crippen LogP) is 4.59. The van der Waals surface area contributed by atoms with E-state index in [1.54, 1.807) is 12.1 Å². The van der Waals surface area contributed by atoms with Gasteiger partial charge in [0.15, 0.2) is 0 Å². The number of aryl methyl sites for hydroxylation is 1. The maximum Gasteiger partial charge on any atom is 0.407 e. The smallest absolute Gasteiger partial charge is 0.407 e. The number of carbonyl (C=O) groups is 2. The summed E-state index contributed by atoms with van der Waals surface area (Å²) in [6.45, 7) is 10.2. The van der Waals surface area contributed by atoms with Crippen LogP contribution >= 0.6 is 0 Å². The number of nitrogens with one attached hydrogen (secondary N) is 2. The molecule has 4 rings (SSSR count). The highest BCUT2D eigenvalue weighted by molar-refractivity contribution is 6.04. The van der Waals surface area contributed by atoms with Crippen molar-refractivity contribution in [2.45, 2.75) is 58.2 Å². The van der Waals surface area contributed by atoms with E-state index in [0.29, 0.717) is 18.2 Å². The molecule has 1 atom stereocenters. The number of rotatable bonds is 5. The lowest BCUT2D eigenvalue weighted by Crippen LogP contribution is -2.46. The number of hydrogen-bond acceptors (Lipinski definition) is 5. The Labute approximate surface area is 208 Å². The highest BCUT2D eigenvalue weighted by atomic mass is 16.6. The summed E-state index contributed by atoms with van der Waals surface area (Å²) in [6.07, 6.45) is 3.03. The van der Waals surface area contributed by atoms with Gasteiger partial charge in [0.25, 0.3) is 5.91 Å². The maximum absolute atomic E-state index is 12.9. The molecule has 0 bridgehead atoms. The second kappa shape index (κ2) is 10.8. The number of alkyl carbamates (subject to hydrolysis) is 1. The molecule has 1 unspecified atom stereocenters. The highest BCUT2D eigenvalue weighted by Crippen LogP contribution is 2.36. The third-order valence-electron chi connectivity index (χ3n) is 6.72. The summed E-state index contributed by atoms with van der Waals surface area (Å²) in [5.74, 6) is -0.136. The van der Waals surface area contributed by atoms with Gasteiger partial charge in [-0.1, -0.05) is 18.2 Å². The lowest BCUT2D eigenvalue weighted by Gasteiger charge is -2.40. The van der Waals surface area contributed by atoms with Crippen LogP contribution in [0.15, 0.2) is 42.5 Å². The number of likely N-dealkylation sites (N-methyl/N-ethyl adjacent to an activating group) is 1. The van der Waals surface area contributed by atoms with Crippen molar-refractivity contribution in [2.24, 2.45) is 0 Å². The van der Waals surface area contributed by atoms with E-state index in [1.807, 2.05) is 39.0 Å². The van der Waals surface area contributed by atoms with Crippen LogP contribution < -0.4 is 10.6 Å². The van der Waals surface area contributed by atoms with Gasteiger partial charge in [0, 0.05) is 50.0 Å². The van der Waals surface area contributed by atoms with Crippen molar-refractivity contribution < 1.29 is 14.3 Å². The van der Waals surface area contributed by atoms with Gasteiger partial charge in [-0.25, -0.2) is 4.79 Å². The molecule has 0 saturated carbocycles. The molecule has 0 aromatic heterocycles. The molecule has 7 nitrogen and oxygen atoms in total. The number of anilines is 1. The number of benzene rings is 2. The quantitative estimate of drug-likeness (QED) is 0.658. The number of nitrogens with zero attached hydrogens (tertiary/aromatic N) is 2. The SMILES string of the molecule is CN1CCN(C2CCCc3ccc(NC(=O)c4ccc(CNC(=O)OC(C)(C)C)cc4)cc32)CC1. The molecule has 7 heteroatoms. The molecular weight excluding hydrogens is 440 g/mol. The zero-order valence-electron chi connectivity index (χ0n) is 21.4. The van der Waals surface area contributed by atoms with E-state index in [4.69, 9.17) is 4.74 Å². The molecule has 1 fully saturated rings. The predicted molar refractivity (Wildman–Crippen MR) is 139 cm³/mol. The monoisotopic (exact) mass is 478 g/mol. The molecule has 0 radical (unpaired) electrons. The van der Waals surface area contributed by atoms with Gasteiger partial charge >= 0.3 is 6.09 Å².